The summed E-state index contributed by atoms with van der Waals surface area (Å²) in [5, 5.41) is 68.2. The number of para-hydroxylation sites is 1. The first-order chi connectivity index (χ1) is 32.6. The van der Waals surface area contributed by atoms with Gasteiger partial charge in [0.25, 0.3) is 11.7 Å². The number of rotatable bonds is 7. The molecule has 11 atom stereocenters. The lowest BCUT2D eigenvalue weighted by Gasteiger charge is -2.43. The molecule has 0 radical (unpaired) electrons. The minimum absolute atomic E-state index is 0.0432. The highest BCUT2D eigenvalue weighted by atomic mass is 16.7. The highest BCUT2D eigenvalue weighted by Gasteiger charge is 2.50. The van der Waals surface area contributed by atoms with Crippen molar-refractivity contribution in [2.75, 3.05) is 32.6 Å². The number of aliphatic hydroxyl groups is 2. The van der Waals surface area contributed by atoms with Crippen molar-refractivity contribution >= 4 is 40.3 Å². The van der Waals surface area contributed by atoms with Crippen molar-refractivity contribution in [2.45, 2.75) is 118 Å². The number of carbonyl (C=O) groups excluding carboxylic acids is 3. The number of ketones is 1. The molecule has 4 aliphatic rings. The maximum Gasteiger partial charge on any atom is 0.312 e. The van der Waals surface area contributed by atoms with Gasteiger partial charge in [-0.2, -0.15) is 5.10 Å². The highest BCUT2D eigenvalue weighted by molar-refractivity contribution is 6.23. The summed E-state index contributed by atoms with van der Waals surface area (Å²) in [5.41, 5.74) is 0.595. The number of aliphatic hydroxyl groups excluding tert-OH is 2. The van der Waals surface area contributed by atoms with Crippen LogP contribution in [-0.4, -0.2) is 129 Å². The summed E-state index contributed by atoms with van der Waals surface area (Å²) >= 11 is 0. The van der Waals surface area contributed by atoms with E-state index < -0.39 is 88.8 Å². The number of benzene rings is 3. The molecular formula is C52H68N4O13. The molecule has 0 aliphatic carbocycles. The first kappa shape index (κ1) is 52.2. The van der Waals surface area contributed by atoms with E-state index in [0.29, 0.717) is 19.6 Å². The number of hydrazone groups is 1. The second kappa shape index (κ2) is 21.2. The van der Waals surface area contributed by atoms with E-state index >= 15 is 0 Å². The topological polar surface area (TPSA) is 229 Å². The van der Waals surface area contributed by atoms with Crippen LogP contribution in [0.25, 0.3) is 10.8 Å². The average Bonchev–Trinajstić information content (AvgIpc) is 3.57. The molecule has 374 valence electrons. The molecule has 69 heavy (non-hydrogen) atoms. The van der Waals surface area contributed by atoms with E-state index in [-0.39, 0.29) is 56.6 Å². The molecule has 17 nitrogen and oxygen atoms in total. The first-order valence-corrected chi connectivity index (χ1v) is 23.3. The maximum absolute atomic E-state index is 14.7. The molecule has 6 N–H and O–H groups in total. The van der Waals surface area contributed by atoms with Crippen LogP contribution in [-0.2, 0) is 30.3 Å². The number of aromatic hydroxyl groups is 3. The lowest BCUT2D eigenvalue weighted by molar-refractivity contribution is -0.160. The number of nitrogens with one attached hydrogen (secondary N) is 1. The van der Waals surface area contributed by atoms with Crippen LogP contribution in [0, 0.1) is 30.6 Å². The van der Waals surface area contributed by atoms with Gasteiger partial charge < -0.3 is 54.5 Å². The summed E-state index contributed by atoms with van der Waals surface area (Å²) in [5.74, 6) is -7.76. The van der Waals surface area contributed by atoms with Gasteiger partial charge in [-0.3, -0.25) is 24.3 Å². The number of anilines is 1. The van der Waals surface area contributed by atoms with Crippen molar-refractivity contribution < 1.29 is 63.6 Å². The number of phenols is 3. The molecular weight excluding hydrogens is 889 g/mol. The quantitative estimate of drug-likeness (QED) is 0.0627. The number of nitrogens with zero attached hydrogens (tertiary/aromatic N) is 3. The van der Waals surface area contributed by atoms with Gasteiger partial charge in [-0.25, -0.2) is 0 Å². The van der Waals surface area contributed by atoms with Crippen molar-refractivity contribution in [3.05, 3.63) is 82.7 Å². The van der Waals surface area contributed by atoms with E-state index in [1.807, 2.05) is 43.1 Å². The minimum atomic E-state index is -2.08. The van der Waals surface area contributed by atoms with Gasteiger partial charge in [-0.15, -0.1) is 0 Å². The number of allylic oxidation sites excluding steroid dienone is 2. The Morgan fingerprint density at radius 2 is 1.58 bits per heavy atom. The lowest BCUT2D eigenvalue weighted by Crippen LogP contribution is -2.54. The molecule has 4 aliphatic heterocycles. The van der Waals surface area contributed by atoms with Crippen LogP contribution < -0.4 is 14.8 Å². The summed E-state index contributed by atoms with van der Waals surface area (Å²) in [6.07, 6.45) is 4.83. The predicted octanol–water partition coefficient (Wildman–Crippen LogP) is 6.69. The molecule has 1 saturated heterocycles. The molecule has 3 aromatic carbocycles. The first-order valence-electron chi connectivity index (χ1n) is 23.3. The fourth-order valence-electron chi connectivity index (χ4n) is 9.85. The number of carbonyl (C=O) groups is 3. The van der Waals surface area contributed by atoms with Crippen molar-refractivity contribution in [2.24, 2.45) is 28.8 Å². The zero-order valence-electron chi connectivity index (χ0n) is 41.5. The van der Waals surface area contributed by atoms with Gasteiger partial charge in [0.2, 0.25) is 0 Å². The Kier molecular flexibility index (Phi) is 16.1. The molecule has 17 heteroatoms. The van der Waals surface area contributed by atoms with Gasteiger partial charge in [0.1, 0.15) is 29.1 Å². The molecule has 4 heterocycles. The smallest absolute Gasteiger partial charge is 0.312 e. The van der Waals surface area contributed by atoms with Crippen LogP contribution in [0.4, 0.5) is 5.69 Å². The number of Topliss-reactive ketones (excluding diaryl/α,β-unsaturated/α-hetero) is 1. The average molecular weight is 957 g/mol. The van der Waals surface area contributed by atoms with Crippen LogP contribution in [0.1, 0.15) is 89.4 Å². The van der Waals surface area contributed by atoms with Gasteiger partial charge >= 0.3 is 11.8 Å². The third-order valence-corrected chi connectivity index (χ3v) is 13.9. The summed E-state index contributed by atoms with van der Waals surface area (Å²) in [6.45, 7) is 18.4. The Balaban J connectivity index is 1.48. The number of hydrogen-bond donors (Lipinski definition) is 6. The normalized spacial score (nSPS) is 31.2. The number of ether oxygens (including phenoxy) is 5. The van der Waals surface area contributed by atoms with Crippen LogP contribution in [0.5, 0.6) is 28.7 Å². The van der Waals surface area contributed by atoms with Crippen molar-refractivity contribution in [3.8, 4) is 28.7 Å². The number of amides is 1. The Morgan fingerprint density at radius 3 is 2.22 bits per heavy atom. The van der Waals surface area contributed by atoms with Crippen LogP contribution in [0.15, 0.2) is 65.5 Å². The second-order valence-electron chi connectivity index (χ2n) is 18.9. The van der Waals surface area contributed by atoms with Gasteiger partial charge in [0.05, 0.1) is 72.2 Å². The third kappa shape index (κ3) is 10.4. The predicted molar refractivity (Wildman–Crippen MR) is 260 cm³/mol. The standard InChI is InChI=1S/C52H68N4O13/c1-26-16-15-17-27(2)51(64)54-42-36(22-53-56-28(3)23-55(24-29(56)4)25-35-18-13-14-19-38(35)66-12)46(61)39-40(47(42)62)45(60)33(8)49-41(39)50(63)52(10,69-49)67-21-20-37(65-11)30(5)48(68-34(9)57)32(7)44(59)31(6)43(26)58/h13-22,26,28-32,37,43-44,48,58-62H,23-25H2,1-12H3,(H,54,64)/b16-15+,21-20+,27-17-,53-22+. The number of methoxy groups -OCH3 is 2. The Hall–Kier alpha value is -6.14. The fourth-order valence-corrected chi connectivity index (χ4v) is 9.85. The highest BCUT2D eigenvalue weighted by Crippen LogP contribution is 2.55. The summed E-state index contributed by atoms with van der Waals surface area (Å²) in [4.78, 5) is 43.4. The van der Waals surface area contributed by atoms with E-state index in [0.717, 1.165) is 11.3 Å². The SMILES string of the molecule is COc1ccccc1CN1CC(C)N(/N=C/c2c3c(O)c4c(O)c(C)c5c(c4c2O)C(=O)C(C)(O/C=C/C(OC)C(C)C(OC(C)=O)C(C)C(O)C(C)C(O)C(C)/C=C/C=C(/C)C(=O)N3)O5)C(C)C1. The molecule has 0 spiro atoms. The number of esters is 1. The van der Waals surface area contributed by atoms with Crippen LogP contribution >= 0.6 is 0 Å². The molecule has 7 rings (SSSR count). The zero-order chi connectivity index (χ0) is 50.8. The van der Waals surface area contributed by atoms with E-state index in [1.165, 1.54) is 59.4 Å². The minimum Gasteiger partial charge on any atom is -0.507 e. The molecule has 0 saturated carbocycles. The van der Waals surface area contributed by atoms with Crippen molar-refractivity contribution in [1.29, 1.82) is 0 Å². The number of hydrogen-bond acceptors (Lipinski definition) is 16. The lowest BCUT2D eigenvalue weighted by atomic mass is 9.78. The number of piperazine rings is 1. The summed E-state index contributed by atoms with van der Waals surface area (Å²) in [6, 6.07) is 7.52. The Morgan fingerprint density at radius 1 is 0.913 bits per heavy atom. The van der Waals surface area contributed by atoms with Gasteiger partial charge in [-0.1, -0.05) is 64.1 Å². The van der Waals surface area contributed by atoms with Gasteiger partial charge in [-0.05, 0) is 39.8 Å². The largest absolute Gasteiger partial charge is 0.507 e. The van der Waals surface area contributed by atoms with Crippen LogP contribution in [0.2, 0.25) is 0 Å². The zero-order valence-corrected chi connectivity index (χ0v) is 41.5. The third-order valence-electron chi connectivity index (χ3n) is 13.9. The summed E-state index contributed by atoms with van der Waals surface area (Å²) < 4.78 is 29.4. The monoisotopic (exact) mass is 956 g/mol. The van der Waals surface area contributed by atoms with E-state index in [1.54, 1.807) is 47.0 Å². The number of fused-ring (bicyclic) bond motifs is 14. The molecule has 1 amide bonds. The molecule has 0 aromatic heterocycles. The van der Waals surface area contributed by atoms with Gasteiger partial charge in [0.15, 0.2) is 5.75 Å². The Labute approximate surface area is 403 Å². The van der Waals surface area contributed by atoms with Crippen molar-refractivity contribution in [3.63, 3.8) is 0 Å². The van der Waals surface area contributed by atoms with E-state index in [9.17, 15) is 39.9 Å². The molecule has 3 aromatic rings. The van der Waals surface area contributed by atoms with Crippen molar-refractivity contribution in [1.82, 2.24) is 9.91 Å². The maximum atomic E-state index is 14.7. The summed E-state index contributed by atoms with van der Waals surface area (Å²) in [7, 11) is 3.08. The molecule has 5 bridgehead atoms. The van der Waals surface area contributed by atoms with Crippen LogP contribution in [0.3, 0.4) is 0 Å². The Bertz CT molecular complexity index is 2540. The number of phenolic OH excluding ortho intramolecular Hbond substituents is 3. The van der Waals surface area contributed by atoms with Gasteiger partial charge in [0, 0.05) is 86.3 Å². The second-order valence-corrected chi connectivity index (χ2v) is 18.9. The molecule has 1 fully saturated rings. The van der Waals surface area contributed by atoms with E-state index in [4.69, 9.17) is 28.8 Å². The van der Waals surface area contributed by atoms with E-state index in [2.05, 4.69) is 10.2 Å². The fraction of sp³-hybridized carbons (Fsp3) is 0.500. The molecule has 11 unspecified atom stereocenters.